The van der Waals surface area contributed by atoms with Crippen molar-refractivity contribution in [1.82, 2.24) is 4.98 Å². The molecule has 0 aliphatic rings. The van der Waals surface area contributed by atoms with Crippen LogP contribution in [0.5, 0.6) is 0 Å². The molecule has 9 aromatic carbocycles. The minimum absolute atomic E-state index is 1.04. The summed E-state index contributed by atoms with van der Waals surface area (Å²) in [6, 6.07) is 74.5. The lowest BCUT2D eigenvalue weighted by molar-refractivity contribution is 1.28. The molecule has 0 saturated carbocycles. The fraction of sp³-hybridized carbons (Fsp3) is 0. The third-order valence-corrected chi connectivity index (χ3v) is 13.1. The van der Waals surface area contributed by atoms with E-state index >= 15 is 0 Å². The zero-order chi connectivity index (χ0) is 37.7. The van der Waals surface area contributed by atoms with E-state index in [-0.39, 0.29) is 0 Å². The maximum atomic E-state index is 5.42. The second kappa shape index (κ2) is 14.0. The standard InChI is InChI=1S/C53H34N2S2/c1-4-15-36(16-5-1)45-33-39(50-51-44-24-12-13-26-47(44)56-48(51)34-49-52(50)54-53(57-49)38-18-6-2-7-19-38)29-32-46(45)55(40-21-8-3-9-22-40)41-30-27-37(28-31-41)43-25-14-20-35-17-10-11-23-42(35)43/h1-34H. The van der Waals surface area contributed by atoms with Crippen molar-refractivity contribution in [3.8, 4) is 44.0 Å². The third kappa shape index (κ3) is 5.89. The van der Waals surface area contributed by atoms with Crippen molar-refractivity contribution in [2.24, 2.45) is 0 Å². The van der Waals surface area contributed by atoms with Gasteiger partial charge in [0.05, 0.1) is 15.9 Å². The Bertz CT molecular complexity index is 3220. The van der Waals surface area contributed by atoms with Crippen LogP contribution in [0.1, 0.15) is 0 Å². The van der Waals surface area contributed by atoms with E-state index in [0.717, 1.165) is 49.8 Å². The van der Waals surface area contributed by atoms with Crippen LogP contribution in [-0.4, -0.2) is 4.98 Å². The van der Waals surface area contributed by atoms with Gasteiger partial charge >= 0.3 is 0 Å². The molecule has 11 rings (SSSR count). The first kappa shape index (κ1) is 33.5. The number of para-hydroxylation sites is 1. The van der Waals surface area contributed by atoms with Gasteiger partial charge in [-0.05, 0) is 81.6 Å². The molecule has 0 bridgehead atoms. The Morgan fingerprint density at radius 2 is 1.00 bits per heavy atom. The van der Waals surface area contributed by atoms with Crippen LogP contribution >= 0.6 is 22.7 Å². The number of hydrogen-bond donors (Lipinski definition) is 0. The van der Waals surface area contributed by atoms with Crippen molar-refractivity contribution in [2.75, 3.05) is 4.90 Å². The van der Waals surface area contributed by atoms with Gasteiger partial charge in [-0.25, -0.2) is 4.98 Å². The number of thiophene rings is 1. The highest BCUT2D eigenvalue weighted by molar-refractivity contribution is 7.27. The maximum Gasteiger partial charge on any atom is 0.124 e. The Labute approximate surface area is 339 Å². The summed E-state index contributed by atoms with van der Waals surface area (Å²) < 4.78 is 3.77. The van der Waals surface area contributed by atoms with Gasteiger partial charge in [-0.2, -0.15) is 0 Å². The molecule has 4 heteroatoms. The Balaban J connectivity index is 1.13. The van der Waals surface area contributed by atoms with Crippen LogP contribution in [0.4, 0.5) is 17.1 Å². The smallest absolute Gasteiger partial charge is 0.124 e. The molecule has 0 amide bonds. The molecule has 268 valence electrons. The normalized spacial score (nSPS) is 11.5. The van der Waals surface area contributed by atoms with Gasteiger partial charge in [0.1, 0.15) is 5.01 Å². The first-order valence-corrected chi connectivity index (χ1v) is 20.8. The van der Waals surface area contributed by atoms with Gasteiger partial charge in [0, 0.05) is 48.2 Å². The van der Waals surface area contributed by atoms with Crippen LogP contribution in [0, 0.1) is 0 Å². The fourth-order valence-corrected chi connectivity index (χ4v) is 10.5. The molecule has 11 aromatic rings. The van der Waals surface area contributed by atoms with E-state index in [2.05, 4.69) is 211 Å². The number of hydrogen-bond acceptors (Lipinski definition) is 4. The first-order valence-electron chi connectivity index (χ1n) is 19.2. The minimum atomic E-state index is 1.04. The molecule has 0 radical (unpaired) electrons. The van der Waals surface area contributed by atoms with Crippen LogP contribution in [0.3, 0.4) is 0 Å². The lowest BCUT2D eigenvalue weighted by Gasteiger charge is -2.28. The Hall–Kier alpha value is -6.85. The second-order valence-electron chi connectivity index (χ2n) is 14.3. The molecule has 0 atom stereocenters. The van der Waals surface area contributed by atoms with E-state index < -0.39 is 0 Å². The number of fused-ring (bicyclic) bond motifs is 5. The lowest BCUT2D eigenvalue weighted by Crippen LogP contribution is -2.11. The molecular weight excluding hydrogens is 729 g/mol. The summed E-state index contributed by atoms with van der Waals surface area (Å²) in [6.45, 7) is 0. The summed E-state index contributed by atoms with van der Waals surface area (Å²) >= 11 is 3.64. The van der Waals surface area contributed by atoms with E-state index in [1.165, 1.54) is 52.3 Å². The summed E-state index contributed by atoms with van der Waals surface area (Å²) in [7, 11) is 0. The van der Waals surface area contributed by atoms with Crippen molar-refractivity contribution in [1.29, 1.82) is 0 Å². The Kier molecular flexibility index (Phi) is 8.24. The zero-order valence-electron chi connectivity index (χ0n) is 30.8. The average Bonchev–Trinajstić information content (AvgIpc) is 3.88. The largest absolute Gasteiger partial charge is 0.310 e. The van der Waals surface area contributed by atoms with E-state index in [1.54, 1.807) is 11.3 Å². The van der Waals surface area contributed by atoms with Crippen molar-refractivity contribution < 1.29 is 0 Å². The summed E-state index contributed by atoms with van der Waals surface area (Å²) in [5, 5.41) is 6.08. The highest BCUT2D eigenvalue weighted by atomic mass is 32.1. The summed E-state index contributed by atoms with van der Waals surface area (Å²) in [5.74, 6) is 0. The summed E-state index contributed by atoms with van der Waals surface area (Å²) in [5.41, 5.74) is 12.6. The van der Waals surface area contributed by atoms with Crippen molar-refractivity contribution in [3.63, 3.8) is 0 Å². The van der Waals surface area contributed by atoms with Gasteiger partial charge in [-0.15, -0.1) is 22.7 Å². The second-order valence-corrected chi connectivity index (χ2v) is 16.4. The molecular formula is C53H34N2S2. The third-order valence-electron chi connectivity index (χ3n) is 10.9. The van der Waals surface area contributed by atoms with Crippen LogP contribution < -0.4 is 4.90 Å². The van der Waals surface area contributed by atoms with E-state index in [9.17, 15) is 0 Å². The minimum Gasteiger partial charge on any atom is -0.310 e. The highest BCUT2D eigenvalue weighted by Crippen LogP contribution is 2.49. The molecule has 0 N–H and O–H groups in total. The van der Waals surface area contributed by atoms with E-state index in [4.69, 9.17) is 4.98 Å². The van der Waals surface area contributed by atoms with Gasteiger partial charge in [0.2, 0.25) is 0 Å². The van der Waals surface area contributed by atoms with Crippen LogP contribution in [0.25, 0.3) is 85.1 Å². The zero-order valence-corrected chi connectivity index (χ0v) is 32.5. The van der Waals surface area contributed by atoms with Gasteiger partial charge in [0.25, 0.3) is 0 Å². The predicted molar refractivity (Wildman–Crippen MR) is 246 cm³/mol. The monoisotopic (exact) mass is 762 g/mol. The summed E-state index contributed by atoms with van der Waals surface area (Å²) in [6.07, 6.45) is 0. The number of benzene rings is 9. The molecule has 0 fully saturated rings. The van der Waals surface area contributed by atoms with Gasteiger partial charge in [0.15, 0.2) is 0 Å². The van der Waals surface area contributed by atoms with Crippen LogP contribution in [-0.2, 0) is 0 Å². The van der Waals surface area contributed by atoms with E-state index in [1.807, 2.05) is 11.3 Å². The topological polar surface area (TPSA) is 16.1 Å². The Morgan fingerprint density at radius 1 is 0.386 bits per heavy atom. The number of nitrogens with zero attached hydrogens (tertiary/aromatic N) is 2. The number of aromatic nitrogens is 1. The molecule has 2 aromatic heterocycles. The number of anilines is 3. The van der Waals surface area contributed by atoms with Crippen molar-refractivity contribution >= 4 is 80.9 Å². The number of thiazole rings is 1. The van der Waals surface area contributed by atoms with Gasteiger partial charge < -0.3 is 4.90 Å². The molecule has 0 unspecified atom stereocenters. The lowest BCUT2D eigenvalue weighted by atomic mass is 9.93. The first-order chi connectivity index (χ1) is 28.3. The average molecular weight is 763 g/mol. The molecule has 0 aliphatic heterocycles. The van der Waals surface area contributed by atoms with Crippen molar-refractivity contribution in [3.05, 3.63) is 206 Å². The molecule has 0 aliphatic carbocycles. The van der Waals surface area contributed by atoms with Gasteiger partial charge in [-0.3, -0.25) is 0 Å². The van der Waals surface area contributed by atoms with E-state index in [0.29, 0.717) is 0 Å². The molecule has 0 saturated heterocycles. The molecule has 57 heavy (non-hydrogen) atoms. The maximum absolute atomic E-state index is 5.42. The van der Waals surface area contributed by atoms with Crippen LogP contribution in [0.2, 0.25) is 0 Å². The molecule has 2 heterocycles. The molecule has 2 nitrogen and oxygen atoms in total. The Morgan fingerprint density at radius 3 is 1.79 bits per heavy atom. The predicted octanol–water partition coefficient (Wildman–Crippen LogP) is 16.0. The van der Waals surface area contributed by atoms with Crippen LogP contribution in [0.15, 0.2) is 206 Å². The quantitative estimate of drug-likeness (QED) is 0.161. The van der Waals surface area contributed by atoms with Gasteiger partial charge in [-0.1, -0.05) is 158 Å². The SMILES string of the molecule is c1ccc(-c2nc3c(-c4ccc(N(c5ccccc5)c5ccc(-c6cccc7ccccc67)cc5)c(-c5ccccc5)c4)c4c(cc3s2)sc2ccccc24)cc1. The highest BCUT2D eigenvalue weighted by Gasteiger charge is 2.23. The fourth-order valence-electron chi connectivity index (χ4n) is 8.26. The van der Waals surface area contributed by atoms with Crippen molar-refractivity contribution in [2.45, 2.75) is 0 Å². The summed E-state index contributed by atoms with van der Waals surface area (Å²) in [4.78, 5) is 7.81. The number of rotatable bonds is 7. The molecule has 0 spiro atoms.